The molecular formula is C12H19N3O3. The van der Waals surface area contributed by atoms with Crippen molar-refractivity contribution in [3.8, 4) is 0 Å². The second-order valence-electron chi connectivity index (χ2n) is 3.87. The van der Waals surface area contributed by atoms with Crippen LogP contribution in [0.5, 0.6) is 0 Å². The van der Waals surface area contributed by atoms with Crippen molar-refractivity contribution in [3.63, 3.8) is 0 Å². The molecule has 0 atom stereocenters. The average Bonchev–Trinajstić information content (AvgIpc) is 2.39. The van der Waals surface area contributed by atoms with E-state index in [1.54, 1.807) is 12.3 Å². The van der Waals surface area contributed by atoms with Crippen LogP contribution < -0.4 is 11.3 Å². The molecule has 1 rings (SSSR count). The van der Waals surface area contributed by atoms with E-state index in [1.807, 2.05) is 0 Å². The minimum atomic E-state index is -0.285. The summed E-state index contributed by atoms with van der Waals surface area (Å²) in [6.07, 6.45) is 3.75. The van der Waals surface area contributed by atoms with Crippen LogP contribution >= 0.6 is 0 Å². The van der Waals surface area contributed by atoms with Gasteiger partial charge in [0.1, 0.15) is 0 Å². The Morgan fingerprint density at radius 3 is 3.00 bits per heavy atom. The molecule has 0 amide bonds. The monoisotopic (exact) mass is 253 g/mol. The molecule has 0 saturated carbocycles. The van der Waals surface area contributed by atoms with Crippen LogP contribution in [-0.4, -0.2) is 28.8 Å². The molecule has 0 bridgehead atoms. The molecule has 0 spiro atoms. The molecule has 0 aliphatic heterocycles. The second-order valence-corrected chi connectivity index (χ2v) is 3.87. The first-order valence-corrected chi connectivity index (χ1v) is 5.95. The van der Waals surface area contributed by atoms with E-state index < -0.39 is 0 Å². The molecule has 0 aromatic carbocycles. The first-order valence-electron chi connectivity index (χ1n) is 5.95. The number of amidine groups is 1. The van der Waals surface area contributed by atoms with Gasteiger partial charge in [-0.1, -0.05) is 18.5 Å². The summed E-state index contributed by atoms with van der Waals surface area (Å²) < 4.78 is 6.87. The van der Waals surface area contributed by atoms with E-state index in [-0.39, 0.29) is 17.0 Å². The zero-order valence-corrected chi connectivity index (χ0v) is 10.5. The van der Waals surface area contributed by atoms with Gasteiger partial charge in [-0.25, -0.2) is 0 Å². The summed E-state index contributed by atoms with van der Waals surface area (Å²) in [5.41, 5.74) is 5.32. The Morgan fingerprint density at radius 1 is 1.56 bits per heavy atom. The second kappa shape index (κ2) is 7.50. The van der Waals surface area contributed by atoms with Crippen molar-refractivity contribution in [2.45, 2.75) is 26.3 Å². The van der Waals surface area contributed by atoms with Gasteiger partial charge in [0, 0.05) is 19.3 Å². The maximum absolute atomic E-state index is 11.9. The van der Waals surface area contributed by atoms with Gasteiger partial charge < -0.3 is 20.2 Å². The van der Waals surface area contributed by atoms with Gasteiger partial charge in [-0.15, -0.1) is 0 Å². The van der Waals surface area contributed by atoms with Gasteiger partial charge in [-0.2, -0.15) is 0 Å². The van der Waals surface area contributed by atoms with Crippen LogP contribution in [0.25, 0.3) is 0 Å². The number of hydrogen-bond donors (Lipinski definition) is 2. The summed E-state index contributed by atoms with van der Waals surface area (Å²) in [4.78, 5) is 11.9. The third-order valence-corrected chi connectivity index (χ3v) is 2.52. The van der Waals surface area contributed by atoms with Gasteiger partial charge in [0.15, 0.2) is 5.84 Å². The van der Waals surface area contributed by atoms with E-state index in [0.717, 1.165) is 12.8 Å². The van der Waals surface area contributed by atoms with Gasteiger partial charge >= 0.3 is 0 Å². The Hall–Kier alpha value is -1.82. The van der Waals surface area contributed by atoms with Crippen LogP contribution in [0, 0.1) is 0 Å². The SMILES string of the molecule is CCCCOCCn1cccc(/C(N)=N/O)c1=O. The van der Waals surface area contributed by atoms with Crippen LogP contribution in [-0.2, 0) is 11.3 Å². The molecule has 0 fully saturated rings. The molecule has 18 heavy (non-hydrogen) atoms. The molecule has 1 aromatic rings. The molecule has 0 aliphatic rings. The first-order chi connectivity index (χ1) is 8.70. The highest BCUT2D eigenvalue weighted by Crippen LogP contribution is 1.93. The number of nitrogens with two attached hydrogens (primary N) is 1. The minimum absolute atomic E-state index is 0.179. The van der Waals surface area contributed by atoms with E-state index in [1.165, 1.54) is 10.6 Å². The standard InChI is InChI=1S/C12H19N3O3/c1-2-3-8-18-9-7-15-6-4-5-10(12(15)16)11(13)14-17/h4-6,17H,2-3,7-9H2,1H3,(H2,13,14). The lowest BCUT2D eigenvalue weighted by molar-refractivity contribution is 0.123. The fourth-order valence-electron chi connectivity index (χ4n) is 1.47. The van der Waals surface area contributed by atoms with E-state index in [4.69, 9.17) is 15.7 Å². The van der Waals surface area contributed by atoms with Crippen molar-refractivity contribution in [1.29, 1.82) is 0 Å². The highest BCUT2D eigenvalue weighted by atomic mass is 16.5. The van der Waals surface area contributed by atoms with Crippen LogP contribution in [0.1, 0.15) is 25.3 Å². The lowest BCUT2D eigenvalue weighted by atomic mass is 10.2. The highest BCUT2D eigenvalue weighted by molar-refractivity contribution is 5.96. The predicted molar refractivity (Wildman–Crippen MR) is 68.9 cm³/mol. The van der Waals surface area contributed by atoms with E-state index in [2.05, 4.69) is 12.1 Å². The molecule has 6 nitrogen and oxygen atoms in total. The smallest absolute Gasteiger partial charge is 0.261 e. The summed E-state index contributed by atoms with van der Waals surface area (Å²) in [6, 6.07) is 3.20. The number of rotatable bonds is 7. The largest absolute Gasteiger partial charge is 0.409 e. The summed E-state index contributed by atoms with van der Waals surface area (Å²) in [7, 11) is 0. The fraction of sp³-hybridized carbons (Fsp3) is 0.500. The highest BCUT2D eigenvalue weighted by Gasteiger charge is 2.06. The quantitative estimate of drug-likeness (QED) is 0.247. The molecule has 0 unspecified atom stereocenters. The summed E-state index contributed by atoms with van der Waals surface area (Å²) in [5, 5.41) is 11.4. The van der Waals surface area contributed by atoms with Crippen molar-refractivity contribution < 1.29 is 9.94 Å². The summed E-state index contributed by atoms with van der Waals surface area (Å²) in [6.45, 7) is 3.72. The maximum Gasteiger partial charge on any atom is 0.261 e. The number of pyridine rings is 1. The van der Waals surface area contributed by atoms with Crippen LogP contribution in [0.2, 0.25) is 0 Å². The van der Waals surface area contributed by atoms with Crippen molar-refractivity contribution in [2.75, 3.05) is 13.2 Å². The number of ether oxygens (including phenoxy) is 1. The number of unbranched alkanes of at least 4 members (excludes halogenated alkanes) is 1. The van der Waals surface area contributed by atoms with Crippen molar-refractivity contribution in [1.82, 2.24) is 4.57 Å². The van der Waals surface area contributed by atoms with Gasteiger partial charge in [-0.05, 0) is 18.6 Å². The predicted octanol–water partition coefficient (Wildman–Crippen LogP) is 0.760. The zero-order chi connectivity index (χ0) is 13.4. The lowest BCUT2D eigenvalue weighted by Crippen LogP contribution is -2.30. The molecular weight excluding hydrogens is 234 g/mol. The van der Waals surface area contributed by atoms with Gasteiger partial charge in [-0.3, -0.25) is 4.79 Å². The number of aromatic nitrogens is 1. The Labute approximate surface area is 106 Å². The average molecular weight is 253 g/mol. The van der Waals surface area contributed by atoms with Gasteiger partial charge in [0.2, 0.25) is 0 Å². The molecule has 3 N–H and O–H groups in total. The van der Waals surface area contributed by atoms with Crippen LogP contribution in [0.4, 0.5) is 0 Å². The molecule has 1 aromatic heterocycles. The third kappa shape index (κ3) is 3.89. The normalized spacial score (nSPS) is 11.7. The third-order valence-electron chi connectivity index (χ3n) is 2.52. The topological polar surface area (TPSA) is 89.8 Å². The van der Waals surface area contributed by atoms with Gasteiger partial charge in [0.25, 0.3) is 5.56 Å². The zero-order valence-electron chi connectivity index (χ0n) is 10.5. The number of oxime groups is 1. The van der Waals surface area contributed by atoms with E-state index in [0.29, 0.717) is 19.8 Å². The molecule has 1 heterocycles. The van der Waals surface area contributed by atoms with Crippen molar-refractivity contribution in [3.05, 3.63) is 34.2 Å². The van der Waals surface area contributed by atoms with Crippen molar-refractivity contribution >= 4 is 5.84 Å². The maximum atomic E-state index is 11.9. The summed E-state index contributed by atoms with van der Waals surface area (Å²) in [5.74, 6) is -0.179. The Balaban J connectivity index is 2.64. The molecule has 0 aliphatic carbocycles. The Bertz CT molecular complexity index is 454. The molecule has 0 radical (unpaired) electrons. The lowest BCUT2D eigenvalue weighted by Gasteiger charge is -2.08. The first kappa shape index (κ1) is 14.2. The van der Waals surface area contributed by atoms with E-state index >= 15 is 0 Å². The Morgan fingerprint density at radius 2 is 2.33 bits per heavy atom. The molecule has 6 heteroatoms. The van der Waals surface area contributed by atoms with Gasteiger partial charge in [0.05, 0.1) is 12.2 Å². The number of nitrogens with zero attached hydrogens (tertiary/aromatic N) is 2. The summed E-state index contributed by atoms with van der Waals surface area (Å²) >= 11 is 0. The minimum Gasteiger partial charge on any atom is -0.409 e. The fourth-order valence-corrected chi connectivity index (χ4v) is 1.47. The van der Waals surface area contributed by atoms with Crippen LogP contribution in [0.3, 0.4) is 0 Å². The van der Waals surface area contributed by atoms with Crippen molar-refractivity contribution in [2.24, 2.45) is 10.9 Å². The Kier molecular flexibility index (Phi) is 5.93. The number of hydrogen-bond acceptors (Lipinski definition) is 4. The molecule has 100 valence electrons. The molecule has 0 saturated heterocycles. The van der Waals surface area contributed by atoms with Crippen LogP contribution in [0.15, 0.2) is 28.3 Å². The van der Waals surface area contributed by atoms with E-state index in [9.17, 15) is 4.79 Å².